The Kier molecular flexibility index (Phi) is 3.01. The van der Waals surface area contributed by atoms with E-state index in [1.165, 1.54) is 0 Å². The average Bonchev–Trinajstić information content (AvgIpc) is 1.56. The molecule has 68 valence electrons. The zero-order valence-corrected chi connectivity index (χ0v) is 5.39. The zero-order chi connectivity index (χ0) is 9.28. The van der Waals surface area contributed by atoms with E-state index in [1.54, 1.807) is 0 Å². The second kappa shape index (κ2) is 3.06. The molecule has 0 bridgehead atoms. The molecule has 0 saturated carbocycles. The molecule has 0 fully saturated rings. The van der Waals surface area contributed by atoms with Crippen LogP contribution in [0.3, 0.4) is 0 Å². The van der Waals surface area contributed by atoms with Gasteiger partial charge in [-0.1, -0.05) is 0 Å². The van der Waals surface area contributed by atoms with Gasteiger partial charge in [-0.05, 0) is 11.6 Å². The first-order chi connectivity index (χ1) is 4.63. The molecule has 0 saturated heterocycles. The van der Waals surface area contributed by atoms with Crippen molar-refractivity contribution < 1.29 is 31.1 Å². The maximum absolute atomic E-state index is 11.5. The van der Waals surface area contributed by atoms with Crippen molar-refractivity contribution in [3.63, 3.8) is 0 Å². The highest BCUT2D eigenvalue weighted by Gasteiger charge is 2.47. The second-order valence-electron chi connectivity index (χ2n) is 1.42. The summed E-state index contributed by atoms with van der Waals surface area (Å²) in [7, 11) is 0. The lowest BCUT2D eigenvalue weighted by Gasteiger charge is -2.15. The summed E-state index contributed by atoms with van der Waals surface area (Å²) in [6.07, 6.45) is -9.56. The van der Waals surface area contributed by atoms with E-state index in [-0.39, 0.29) is 0 Å². The fourth-order valence-electron chi connectivity index (χ4n) is 0.184. The minimum absolute atomic E-state index is 2.44. The Labute approximate surface area is 61.9 Å². The van der Waals surface area contributed by atoms with Gasteiger partial charge in [0.05, 0.1) is 0 Å². The molecule has 0 unspecified atom stereocenters. The Morgan fingerprint density at radius 1 is 1.09 bits per heavy atom. The Morgan fingerprint density at radius 2 is 1.45 bits per heavy atom. The topological polar surface area (TPSA) is 9.23 Å². The van der Waals surface area contributed by atoms with Crippen LogP contribution in [0.1, 0.15) is 0 Å². The summed E-state index contributed by atoms with van der Waals surface area (Å²) in [5, 5.41) is 0. The van der Waals surface area contributed by atoms with Gasteiger partial charge in [-0.15, -0.1) is 0 Å². The van der Waals surface area contributed by atoms with E-state index in [4.69, 9.17) is 0 Å². The van der Waals surface area contributed by atoms with E-state index in [0.29, 0.717) is 0 Å². The summed E-state index contributed by atoms with van der Waals surface area (Å²) in [5.74, 6) is 0. The van der Waals surface area contributed by atoms with Gasteiger partial charge in [0.25, 0.3) is 0 Å². The third-order valence-corrected chi connectivity index (χ3v) is 0.584. The monoisotopic (exact) mass is 202 g/mol. The molecule has 0 spiro atoms. The molecular formula is C3HClF6O. The Hall–Kier alpha value is -0.170. The highest BCUT2D eigenvalue weighted by molar-refractivity contribution is 6.20. The smallest absolute Gasteiger partial charge is 0.263 e. The minimum atomic E-state index is -5.49. The first-order valence-electron chi connectivity index (χ1n) is 2.08. The van der Waals surface area contributed by atoms with Gasteiger partial charge < -0.3 is 0 Å². The molecule has 8 heteroatoms. The third kappa shape index (κ3) is 5.14. The first kappa shape index (κ1) is 10.8. The molecule has 0 aromatic heterocycles. The van der Waals surface area contributed by atoms with E-state index >= 15 is 0 Å². The maximum atomic E-state index is 11.5. The molecular weight excluding hydrogens is 201 g/mol. The van der Waals surface area contributed by atoms with E-state index in [9.17, 15) is 26.3 Å². The summed E-state index contributed by atoms with van der Waals surface area (Å²) in [5.41, 5.74) is -4.64. The van der Waals surface area contributed by atoms with Crippen molar-refractivity contribution >= 4 is 11.6 Å². The largest absolute Gasteiger partial charge is 0.445 e. The molecule has 0 aromatic rings. The van der Waals surface area contributed by atoms with Crippen LogP contribution in [-0.2, 0) is 4.74 Å². The van der Waals surface area contributed by atoms with Crippen molar-refractivity contribution in [2.75, 3.05) is 0 Å². The van der Waals surface area contributed by atoms with E-state index in [1.807, 2.05) is 0 Å². The highest BCUT2D eigenvalue weighted by Crippen LogP contribution is 2.31. The van der Waals surface area contributed by atoms with Gasteiger partial charge in [0.15, 0.2) is 0 Å². The third-order valence-electron chi connectivity index (χ3n) is 0.494. The average molecular weight is 202 g/mol. The molecule has 0 rings (SSSR count). The summed E-state index contributed by atoms with van der Waals surface area (Å²) < 4.78 is 69.8. The van der Waals surface area contributed by atoms with Crippen molar-refractivity contribution in [1.29, 1.82) is 0 Å². The molecule has 0 radical (unpaired) electrons. The molecule has 0 aliphatic rings. The van der Waals surface area contributed by atoms with Crippen LogP contribution in [0.4, 0.5) is 26.3 Å². The number of rotatable bonds is 2. The van der Waals surface area contributed by atoms with Crippen molar-refractivity contribution in [2.24, 2.45) is 0 Å². The minimum Gasteiger partial charge on any atom is -0.263 e. The van der Waals surface area contributed by atoms with Crippen LogP contribution in [0.15, 0.2) is 0 Å². The lowest BCUT2D eigenvalue weighted by molar-refractivity contribution is -0.328. The van der Waals surface area contributed by atoms with Gasteiger partial charge in [-0.3, -0.25) is 4.74 Å². The summed E-state index contributed by atoms with van der Waals surface area (Å²) in [4.78, 5) is 0. The van der Waals surface area contributed by atoms with Crippen LogP contribution >= 0.6 is 11.6 Å². The predicted molar refractivity (Wildman–Crippen MR) is 22.8 cm³/mol. The van der Waals surface area contributed by atoms with E-state index < -0.39 is 18.1 Å². The van der Waals surface area contributed by atoms with Crippen molar-refractivity contribution in [1.82, 2.24) is 0 Å². The predicted octanol–water partition coefficient (Wildman–Crippen LogP) is 2.65. The molecule has 0 aliphatic heterocycles. The normalized spacial score (nSPS) is 16.6. The van der Waals surface area contributed by atoms with Crippen LogP contribution in [0, 0.1) is 0 Å². The second-order valence-corrected chi connectivity index (χ2v) is 1.86. The molecule has 0 aliphatic carbocycles. The van der Waals surface area contributed by atoms with Crippen molar-refractivity contribution in [3.05, 3.63) is 0 Å². The quantitative estimate of drug-likeness (QED) is 0.494. The van der Waals surface area contributed by atoms with Gasteiger partial charge in [0.2, 0.25) is 0 Å². The number of halogens is 7. The lowest BCUT2D eigenvalue weighted by Crippen LogP contribution is -2.32. The number of alkyl halides is 7. The highest BCUT2D eigenvalue weighted by atomic mass is 35.5. The zero-order valence-electron chi connectivity index (χ0n) is 4.63. The molecule has 0 amide bonds. The Morgan fingerprint density at radius 3 is 1.55 bits per heavy atom. The van der Waals surface area contributed by atoms with Crippen LogP contribution in [0.2, 0.25) is 0 Å². The maximum Gasteiger partial charge on any atom is 0.445 e. The van der Waals surface area contributed by atoms with Gasteiger partial charge in [-0.2, -0.15) is 22.0 Å². The van der Waals surface area contributed by atoms with Gasteiger partial charge >= 0.3 is 18.1 Å². The van der Waals surface area contributed by atoms with E-state index in [0.717, 1.165) is 0 Å². The van der Waals surface area contributed by atoms with Gasteiger partial charge in [0.1, 0.15) is 0 Å². The molecule has 1 nitrogen and oxygen atoms in total. The van der Waals surface area contributed by atoms with Crippen LogP contribution in [-0.4, -0.2) is 18.1 Å². The Bertz CT molecular complexity index is 127. The molecule has 0 N–H and O–H groups in total. The van der Waals surface area contributed by atoms with Gasteiger partial charge in [-0.25, -0.2) is 4.39 Å². The lowest BCUT2D eigenvalue weighted by atomic mass is 10.7. The molecule has 0 aromatic carbocycles. The summed E-state index contributed by atoms with van der Waals surface area (Å²) >= 11 is 3.84. The van der Waals surface area contributed by atoms with E-state index in [2.05, 4.69) is 16.3 Å². The van der Waals surface area contributed by atoms with Crippen molar-refractivity contribution in [3.8, 4) is 0 Å². The van der Waals surface area contributed by atoms with Gasteiger partial charge in [0, 0.05) is 0 Å². The fraction of sp³-hybridized carbons (Fsp3) is 1.00. The fourth-order valence-corrected chi connectivity index (χ4v) is 0.262. The SMILES string of the molecule is F[C@@H](OC(F)(F)Cl)C(F)(F)F. The molecule has 11 heavy (non-hydrogen) atoms. The summed E-state index contributed by atoms with van der Waals surface area (Å²) in [6, 6.07) is 0. The number of hydrogen-bond donors (Lipinski definition) is 0. The molecule has 1 atom stereocenters. The molecule has 0 heterocycles. The summed E-state index contributed by atoms with van der Waals surface area (Å²) in [6.45, 7) is 0. The first-order valence-corrected chi connectivity index (χ1v) is 2.46. The standard InChI is InChI=1S/C3HClF6O/c4-3(9,10)11-1(5)2(6,7)8/h1H/t1-/m0/s1. The van der Waals surface area contributed by atoms with Crippen LogP contribution in [0.5, 0.6) is 0 Å². The van der Waals surface area contributed by atoms with Crippen LogP contribution < -0.4 is 0 Å². The van der Waals surface area contributed by atoms with Crippen LogP contribution in [0.25, 0.3) is 0 Å². The number of ether oxygens (including phenoxy) is 1. The number of hydrogen-bond acceptors (Lipinski definition) is 1. The Balaban J connectivity index is 3.99. The van der Waals surface area contributed by atoms with Crippen molar-refractivity contribution in [2.45, 2.75) is 18.1 Å².